The van der Waals surface area contributed by atoms with Crippen LogP contribution in [0.25, 0.3) is 11.0 Å². The third-order valence-electron chi connectivity index (χ3n) is 3.52. The van der Waals surface area contributed by atoms with Gasteiger partial charge in [-0.3, -0.25) is 4.79 Å². The number of pyridine rings is 1. The third-order valence-corrected chi connectivity index (χ3v) is 3.84. The lowest BCUT2D eigenvalue weighted by atomic mass is 10.1. The molecule has 0 aliphatic heterocycles. The van der Waals surface area contributed by atoms with Gasteiger partial charge in [-0.05, 0) is 30.2 Å². The van der Waals surface area contributed by atoms with E-state index in [0.717, 1.165) is 6.07 Å². The van der Waals surface area contributed by atoms with Gasteiger partial charge in [0.25, 0.3) is 0 Å². The van der Waals surface area contributed by atoms with E-state index in [9.17, 15) is 14.3 Å². The van der Waals surface area contributed by atoms with Crippen LogP contribution in [0.5, 0.6) is 5.75 Å². The second-order valence-electron chi connectivity index (χ2n) is 5.17. The first-order valence-corrected chi connectivity index (χ1v) is 7.23. The van der Waals surface area contributed by atoms with E-state index in [2.05, 4.69) is 15.3 Å². The van der Waals surface area contributed by atoms with Crippen molar-refractivity contribution >= 4 is 34.2 Å². The van der Waals surface area contributed by atoms with Crippen LogP contribution in [0.15, 0.2) is 30.6 Å². The number of hydrogen-bond donors (Lipinski definition) is 3. The molecule has 1 aromatic carbocycles. The van der Waals surface area contributed by atoms with Gasteiger partial charge in [-0.15, -0.1) is 0 Å². The number of fused-ring (bicyclic) bond motifs is 1. The maximum atomic E-state index is 13.4. The van der Waals surface area contributed by atoms with E-state index in [1.165, 1.54) is 6.07 Å². The lowest BCUT2D eigenvalue weighted by Crippen LogP contribution is -2.15. The Morgan fingerprint density at radius 3 is 3.04 bits per heavy atom. The number of nitrogens with zero attached hydrogens (tertiary/aromatic N) is 1. The van der Waals surface area contributed by atoms with Crippen LogP contribution in [0, 0.1) is 12.7 Å². The summed E-state index contributed by atoms with van der Waals surface area (Å²) in [6.45, 7) is 1.67. The number of aromatic nitrogens is 2. The van der Waals surface area contributed by atoms with E-state index < -0.39 is 11.6 Å². The molecule has 0 radical (unpaired) electrons. The zero-order valence-electron chi connectivity index (χ0n) is 12.2. The van der Waals surface area contributed by atoms with Gasteiger partial charge in [0.15, 0.2) is 11.6 Å². The monoisotopic (exact) mass is 333 g/mol. The quantitative estimate of drug-likeness (QED) is 0.641. The summed E-state index contributed by atoms with van der Waals surface area (Å²) in [6, 6.07) is 4.00. The molecule has 2 aromatic heterocycles. The molecule has 7 heteroatoms. The Balaban J connectivity index is 1.83. The van der Waals surface area contributed by atoms with Crippen LogP contribution in [0.2, 0.25) is 5.02 Å². The Labute approximate surface area is 136 Å². The summed E-state index contributed by atoms with van der Waals surface area (Å²) in [5.41, 5.74) is 2.19. The number of hydrogen-bond acceptors (Lipinski definition) is 3. The maximum Gasteiger partial charge on any atom is 0.228 e. The van der Waals surface area contributed by atoms with Crippen molar-refractivity contribution in [2.45, 2.75) is 13.3 Å². The molecule has 0 spiro atoms. The zero-order valence-corrected chi connectivity index (χ0v) is 12.9. The molecule has 0 saturated heterocycles. The second-order valence-corrected chi connectivity index (χ2v) is 5.58. The van der Waals surface area contributed by atoms with Gasteiger partial charge in [0.1, 0.15) is 5.65 Å². The average Bonchev–Trinajstić information content (AvgIpc) is 2.89. The molecular weight excluding hydrogens is 321 g/mol. The highest BCUT2D eigenvalue weighted by Crippen LogP contribution is 2.27. The molecule has 1 amide bonds. The molecule has 0 atom stereocenters. The van der Waals surface area contributed by atoms with Gasteiger partial charge >= 0.3 is 0 Å². The number of H-pyrrole nitrogens is 1. The number of nitrogens with one attached hydrogen (secondary N) is 2. The van der Waals surface area contributed by atoms with Crippen molar-refractivity contribution in [1.82, 2.24) is 9.97 Å². The van der Waals surface area contributed by atoms with Crippen LogP contribution >= 0.6 is 11.6 Å². The average molecular weight is 334 g/mol. The number of rotatable bonds is 3. The molecule has 5 nitrogen and oxygen atoms in total. The SMILES string of the molecule is Cc1cc(O)c(F)cc1NC(=O)Cc1c[nH]c2nccc(Cl)c12. The molecule has 3 aromatic rings. The summed E-state index contributed by atoms with van der Waals surface area (Å²) in [6.07, 6.45) is 3.31. The molecule has 0 bridgehead atoms. The summed E-state index contributed by atoms with van der Waals surface area (Å²) >= 11 is 6.14. The van der Waals surface area contributed by atoms with Gasteiger partial charge in [-0.1, -0.05) is 11.6 Å². The second kappa shape index (κ2) is 5.89. The standard InChI is InChI=1S/C16H13ClFN3O2/c1-8-4-13(22)11(18)6-12(8)21-14(23)5-9-7-20-16-15(9)10(17)2-3-19-16/h2-4,6-7,22H,5H2,1H3,(H,19,20)(H,21,23). The van der Waals surface area contributed by atoms with Crippen LogP contribution in [0.4, 0.5) is 10.1 Å². The number of carbonyl (C=O) groups is 1. The van der Waals surface area contributed by atoms with Crippen molar-refractivity contribution in [3.05, 3.63) is 52.6 Å². The number of phenols is 1. The van der Waals surface area contributed by atoms with E-state index in [1.807, 2.05) is 0 Å². The van der Waals surface area contributed by atoms with Gasteiger partial charge in [0.2, 0.25) is 5.91 Å². The van der Waals surface area contributed by atoms with Crippen molar-refractivity contribution in [2.75, 3.05) is 5.32 Å². The normalized spacial score (nSPS) is 10.9. The van der Waals surface area contributed by atoms with Crippen LogP contribution in [0.1, 0.15) is 11.1 Å². The van der Waals surface area contributed by atoms with Gasteiger partial charge in [0.05, 0.1) is 11.4 Å². The smallest absolute Gasteiger partial charge is 0.228 e. The van der Waals surface area contributed by atoms with E-state index in [-0.39, 0.29) is 12.3 Å². The summed E-state index contributed by atoms with van der Waals surface area (Å²) in [7, 11) is 0. The van der Waals surface area contributed by atoms with Crippen molar-refractivity contribution < 1.29 is 14.3 Å². The Morgan fingerprint density at radius 2 is 2.26 bits per heavy atom. The van der Waals surface area contributed by atoms with Gasteiger partial charge in [0, 0.05) is 29.5 Å². The molecule has 2 heterocycles. The molecule has 23 heavy (non-hydrogen) atoms. The lowest BCUT2D eigenvalue weighted by molar-refractivity contribution is -0.115. The number of amides is 1. The summed E-state index contributed by atoms with van der Waals surface area (Å²) in [5, 5.41) is 13.1. The van der Waals surface area contributed by atoms with Crippen molar-refractivity contribution in [3.8, 4) is 5.75 Å². The predicted octanol–water partition coefficient (Wildman–Crippen LogP) is 3.55. The number of aromatic amines is 1. The van der Waals surface area contributed by atoms with Gasteiger partial charge in [-0.2, -0.15) is 0 Å². The molecule has 3 N–H and O–H groups in total. The summed E-state index contributed by atoms with van der Waals surface area (Å²) in [4.78, 5) is 19.3. The van der Waals surface area contributed by atoms with Crippen LogP contribution in [-0.4, -0.2) is 21.0 Å². The molecule has 0 aliphatic rings. The first-order chi connectivity index (χ1) is 11.0. The lowest BCUT2D eigenvalue weighted by Gasteiger charge is -2.09. The molecular formula is C16H13ClFN3O2. The number of phenolic OH excluding ortho intramolecular Hbond substituents is 1. The predicted molar refractivity (Wildman–Crippen MR) is 86.2 cm³/mol. The number of halogens is 2. The fraction of sp³-hybridized carbons (Fsp3) is 0.125. The molecule has 0 fully saturated rings. The highest BCUT2D eigenvalue weighted by atomic mass is 35.5. The van der Waals surface area contributed by atoms with E-state index in [4.69, 9.17) is 11.6 Å². The Kier molecular flexibility index (Phi) is 3.92. The van der Waals surface area contributed by atoms with Crippen LogP contribution in [-0.2, 0) is 11.2 Å². The van der Waals surface area contributed by atoms with Crippen LogP contribution in [0.3, 0.4) is 0 Å². The van der Waals surface area contributed by atoms with E-state index in [1.54, 1.807) is 25.4 Å². The first-order valence-electron chi connectivity index (χ1n) is 6.85. The number of anilines is 1. The van der Waals surface area contributed by atoms with E-state index >= 15 is 0 Å². The molecule has 0 aliphatic carbocycles. The number of aryl methyl sites for hydroxylation is 1. The Bertz CT molecular complexity index is 908. The van der Waals surface area contributed by atoms with Gasteiger partial charge < -0.3 is 15.4 Å². The summed E-state index contributed by atoms with van der Waals surface area (Å²) < 4.78 is 13.4. The Hall–Kier alpha value is -2.60. The first kappa shape index (κ1) is 15.3. The number of benzene rings is 1. The minimum Gasteiger partial charge on any atom is -0.505 e. The largest absolute Gasteiger partial charge is 0.505 e. The third kappa shape index (κ3) is 2.98. The van der Waals surface area contributed by atoms with Crippen molar-refractivity contribution in [3.63, 3.8) is 0 Å². The summed E-state index contributed by atoms with van der Waals surface area (Å²) in [5.74, 6) is -1.56. The minimum atomic E-state index is -0.787. The topological polar surface area (TPSA) is 78.0 Å². The zero-order chi connectivity index (χ0) is 16.6. The highest BCUT2D eigenvalue weighted by Gasteiger charge is 2.14. The van der Waals surface area contributed by atoms with Gasteiger partial charge in [-0.25, -0.2) is 9.37 Å². The Morgan fingerprint density at radius 1 is 1.48 bits per heavy atom. The molecule has 0 saturated carbocycles. The molecule has 118 valence electrons. The number of carbonyl (C=O) groups excluding carboxylic acids is 1. The maximum absolute atomic E-state index is 13.4. The fourth-order valence-electron chi connectivity index (χ4n) is 2.39. The van der Waals surface area contributed by atoms with Crippen molar-refractivity contribution in [2.24, 2.45) is 0 Å². The van der Waals surface area contributed by atoms with E-state index in [0.29, 0.717) is 32.9 Å². The fourth-order valence-corrected chi connectivity index (χ4v) is 2.66. The number of aromatic hydroxyl groups is 1. The highest BCUT2D eigenvalue weighted by molar-refractivity contribution is 6.35. The molecule has 3 rings (SSSR count). The minimum absolute atomic E-state index is 0.0628. The van der Waals surface area contributed by atoms with Crippen molar-refractivity contribution in [1.29, 1.82) is 0 Å². The molecule has 0 unspecified atom stereocenters. The van der Waals surface area contributed by atoms with Crippen LogP contribution < -0.4 is 5.32 Å².